The van der Waals surface area contributed by atoms with Crippen molar-refractivity contribution in [3.63, 3.8) is 0 Å². The minimum atomic E-state index is -3.69. The van der Waals surface area contributed by atoms with Crippen molar-refractivity contribution in [1.82, 2.24) is 5.32 Å². The van der Waals surface area contributed by atoms with Gasteiger partial charge in [-0.2, -0.15) is 0 Å². The summed E-state index contributed by atoms with van der Waals surface area (Å²) in [6.07, 6.45) is 1.06. The SMILES string of the molecule is CCOc1ccccc1CNC(=O)CN(c1cc(C)ccc1OC)S(C)(=O)=O. The lowest BCUT2D eigenvalue weighted by atomic mass is 10.2. The highest BCUT2D eigenvalue weighted by atomic mass is 32.2. The predicted molar refractivity (Wildman–Crippen MR) is 109 cm³/mol. The number of benzene rings is 2. The van der Waals surface area contributed by atoms with Gasteiger partial charge in [0.15, 0.2) is 0 Å². The Morgan fingerprint density at radius 1 is 1.14 bits per heavy atom. The number of nitrogens with zero attached hydrogens (tertiary/aromatic N) is 1. The number of carbonyl (C=O) groups is 1. The normalized spacial score (nSPS) is 11.0. The maximum absolute atomic E-state index is 12.5. The average Bonchev–Trinajstić information content (AvgIpc) is 2.64. The summed E-state index contributed by atoms with van der Waals surface area (Å²) in [5.74, 6) is 0.636. The summed E-state index contributed by atoms with van der Waals surface area (Å²) in [4.78, 5) is 12.5. The van der Waals surface area contributed by atoms with E-state index in [0.717, 1.165) is 21.7 Å². The minimum absolute atomic E-state index is 0.234. The zero-order chi connectivity index (χ0) is 20.7. The van der Waals surface area contributed by atoms with Crippen LogP contribution >= 0.6 is 0 Å². The molecule has 0 fully saturated rings. The van der Waals surface area contributed by atoms with Crippen LogP contribution in [0.25, 0.3) is 0 Å². The van der Waals surface area contributed by atoms with E-state index in [1.165, 1.54) is 7.11 Å². The molecule has 0 atom stereocenters. The van der Waals surface area contributed by atoms with Crippen molar-refractivity contribution >= 4 is 21.6 Å². The molecule has 0 unspecified atom stereocenters. The van der Waals surface area contributed by atoms with Gasteiger partial charge in [0.25, 0.3) is 0 Å². The number of para-hydroxylation sites is 1. The quantitative estimate of drug-likeness (QED) is 0.692. The van der Waals surface area contributed by atoms with Crippen molar-refractivity contribution in [2.75, 3.05) is 30.8 Å². The standard InChI is InChI=1S/C20H26N2O5S/c1-5-27-18-9-7-6-8-16(18)13-21-20(23)14-22(28(4,24)25)17-12-15(2)10-11-19(17)26-3/h6-12H,5,13-14H2,1-4H3,(H,21,23). The topological polar surface area (TPSA) is 84.9 Å². The second kappa shape index (κ2) is 9.45. The largest absolute Gasteiger partial charge is 0.495 e. The van der Waals surface area contributed by atoms with E-state index in [2.05, 4.69) is 5.32 Å². The van der Waals surface area contributed by atoms with E-state index in [0.29, 0.717) is 23.8 Å². The van der Waals surface area contributed by atoms with Gasteiger partial charge < -0.3 is 14.8 Å². The number of ether oxygens (including phenoxy) is 2. The van der Waals surface area contributed by atoms with Gasteiger partial charge in [-0.3, -0.25) is 9.10 Å². The van der Waals surface area contributed by atoms with Crippen molar-refractivity contribution in [2.24, 2.45) is 0 Å². The maximum Gasteiger partial charge on any atom is 0.241 e. The number of hydrogen-bond acceptors (Lipinski definition) is 5. The van der Waals surface area contributed by atoms with Gasteiger partial charge in [0, 0.05) is 12.1 Å². The van der Waals surface area contributed by atoms with Gasteiger partial charge in [0.05, 0.1) is 25.7 Å². The smallest absolute Gasteiger partial charge is 0.241 e. The van der Waals surface area contributed by atoms with Crippen LogP contribution in [0.3, 0.4) is 0 Å². The number of carbonyl (C=O) groups excluding carboxylic acids is 1. The van der Waals surface area contributed by atoms with Crippen LogP contribution in [-0.2, 0) is 21.4 Å². The van der Waals surface area contributed by atoms with E-state index in [4.69, 9.17) is 9.47 Å². The van der Waals surface area contributed by atoms with Crippen LogP contribution in [0.5, 0.6) is 11.5 Å². The number of hydrogen-bond donors (Lipinski definition) is 1. The highest BCUT2D eigenvalue weighted by molar-refractivity contribution is 7.92. The fourth-order valence-corrected chi connectivity index (χ4v) is 3.55. The van der Waals surface area contributed by atoms with Crippen LogP contribution in [-0.4, -0.2) is 40.8 Å². The molecule has 0 saturated heterocycles. The number of sulfonamides is 1. The molecule has 7 nitrogen and oxygen atoms in total. The molecule has 152 valence electrons. The molecule has 0 aliphatic carbocycles. The fraction of sp³-hybridized carbons (Fsp3) is 0.350. The Kier molecular flexibility index (Phi) is 7.28. The summed E-state index contributed by atoms with van der Waals surface area (Å²) in [7, 11) is -2.24. The molecular formula is C20H26N2O5S. The molecule has 1 amide bonds. The van der Waals surface area contributed by atoms with Gasteiger partial charge in [0.1, 0.15) is 18.0 Å². The summed E-state index contributed by atoms with van der Waals surface area (Å²) >= 11 is 0. The summed E-state index contributed by atoms with van der Waals surface area (Å²) in [6, 6.07) is 12.6. The van der Waals surface area contributed by atoms with Crippen molar-refractivity contribution < 1.29 is 22.7 Å². The van der Waals surface area contributed by atoms with E-state index in [1.54, 1.807) is 12.1 Å². The minimum Gasteiger partial charge on any atom is -0.495 e. The first-order valence-electron chi connectivity index (χ1n) is 8.86. The lowest BCUT2D eigenvalue weighted by Gasteiger charge is -2.24. The molecule has 8 heteroatoms. The number of rotatable bonds is 9. The Bertz CT molecular complexity index is 928. The van der Waals surface area contributed by atoms with Crippen molar-refractivity contribution in [1.29, 1.82) is 0 Å². The molecule has 0 spiro atoms. The van der Waals surface area contributed by atoms with E-state index in [-0.39, 0.29) is 13.1 Å². The van der Waals surface area contributed by atoms with Crippen LogP contribution in [0, 0.1) is 6.92 Å². The molecule has 0 heterocycles. The Morgan fingerprint density at radius 3 is 2.50 bits per heavy atom. The van der Waals surface area contributed by atoms with Gasteiger partial charge in [-0.1, -0.05) is 24.3 Å². The number of amides is 1. The highest BCUT2D eigenvalue weighted by Crippen LogP contribution is 2.30. The summed E-state index contributed by atoms with van der Waals surface area (Å²) in [6.45, 7) is 4.12. The Balaban J connectivity index is 2.18. The Morgan fingerprint density at radius 2 is 1.86 bits per heavy atom. The third kappa shape index (κ3) is 5.63. The van der Waals surface area contributed by atoms with Crippen LogP contribution < -0.4 is 19.1 Å². The zero-order valence-corrected chi connectivity index (χ0v) is 17.4. The molecule has 0 aromatic heterocycles. The molecule has 28 heavy (non-hydrogen) atoms. The zero-order valence-electron chi connectivity index (χ0n) is 16.6. The number of aryl methyl sites for hydroxylation is 1. The monoisotopic (exact) mass is 406 g/mol. The molecule has 2 aromatic carbocycles. The van der Waals surface area contributed by atoms with E-state index in [1.807, 2.05) is 44.2 Å². The molecule has 1 N–H and O–H groups in total. The van der Waals surface area contributed by atoms with Gasteiger partial charge in [0.2, 0.25) is 15.9 Å². The van der Waals surface area contributed by atoms with E-state index < -0.39 is 15.9 Å². The van der Waals surface area contributed by atoms with Gasteiger partial charge >= 0.3 is 0 Å². The van der Waals surface area contributed by atoms with Crippen LogP contribution in [0.1, 0.15) is 18.1 Å². The van der Waals surface area contributed by atoms with Crippen molar-refractivity contribution in [3.05, 3.63) is 53.6 Å². The van der Waals surface area contributed by atoms with Crippen LogP contribution in [0.2, 0.25) is 0 Å². The van der Waals surface area contributed by atoms with Gasteiger partial charge in [-0.15, -0.1) is 0 Å². The number of anilines is 1. The van der Waals surface area contributed by atoms with E-state index in [9.17, 15) is 13.2 Å². The second-order valence-electron chi connectivity index (χ2n) is 6.26. The first-order chi connectivity index (χ1) is 13.3. The first-order valence-corrected chi connectivity index (χ1v) is 10.7. The number of methoxy groups -OCH3 is 1. The Labute approximate surface area is 166 Å². The molecule has 0 radical (unpaired) electrons. The van der Waals surface area contributed by atoms with Crippen molar-refractivity contribution in [2.45, 2.75) is 20.4 Å². The predicted octanol–water partition coefficient (Wildman–Crippen LogP) is 2.48. The van der Waals surface area contributed by atoms with Crippen LogP contribution in [0.4, 0.5) is 5.69 Å². The second-order valence-corrected chi connectivity index (χ2v) is 8.17. The average molecular weight is 407 g/mol. The lowest BCUT2D eigenvalue weighted by Crippen LogP contribution is -2.40. The molecule has 0 saturated carbocycles. The van der Waals surface area contributed by atoms with Crippen molar-refractivity contribution in [3.8, 4) is 11.5 Å². The van der Waals surface area contributed by atoms with Gasteiger partial charge in [-0.05, 0) is 37.6 Å². The fourth-order valence-electron chi connectivity index (χ4n) is 2.70. The molecule has 2 aromatic rings. The molecule has 0 bridgehead atoms. The van der Waals surface area contributed by atoms with Gasteiger partial charge in [-0.25, -0.2) is 8.42 Å². The molecule has 2 rings (SSSR count). The van der Waals surface area contributed by atoms with E-state index >= 15 is 0 Å². The van der Waals surface area contributed by atoms with Crippen LogP contribution in [0.15, 0.2) is 42.5 Å². The summed E-state index contributed by atoms with van der Waals surface area (Å²) < 4.78 is 36.5. The summed E-state index contributed by atoms with van der Waals surface area (Å²) in [5.41, 5.74) is 2.00. The number of nitrogens with one attached hydrogen (secondary N) is 1. The third-order valence-corrected chi connectivity index (χ3v) is 5.17. The molecular weight excluding hydrogens is 380 g/mol. The maximum atomic E-state index is 12.5. The summed E-state index contributed by atoms with van der Waals surface area (Å²) in [5, 5.41) is 2.76. The highest BCUT2D eigenvalue weighted by Gasteiger charge is 2.24. The molecule has 0 aliphatic rings. The lowest BCUT2D eigenvalue weighted by molar-refractivity contribution is -0.119. The Hall–Kier alpha value is -2.74. The first kappa shape index (κ1) is 21.6. The third-order valence-electron chi connectivity index (χ3n) is 4.04. The molecule has 0 aliphatic heterocycles.